The third-order valence-corrected chi connectivity index (χ3v) is 3.50. The second kappa shape index (κ2) is 4.76. The van der Waals surface area contributed by atoms with Gasteiger partial charge in [-0.05, 0) is 45.9 Å². The van der Waals surface area contributed by atoms with Crippen molar-refractivity contribution in [3.05, 3.63) is 29.6 Å². The summed E-state index contributed by atoms with van der Waals surface area (Å²) in [5.41, 5.74) is 5.74. The summed E-state index contributed by atoms with van der Waals surface area (Å²) in [6.45, 7) is 8.37. The van der Waals surface area contributed by atoms with E-state index in [9.17, 15) is 4.39 Å². The first-order valence-corrected chi connectivity index (χ1v) is 6.59. The van der Waals surface area contributed by atoms with Crippen molar-refractivity contribution in [2.45, 2.75) is 58.0 Å². The molecule has 0 saturated carbocycles. The molecule has 0 aliphatic carbocycles. The summed E-state index contributed by atoms with van der Waals surface area (Å²) in [5, 5.41) is 0. The molecule has 2 N–H and O–H groups in total. The number of ether oxygens (including phenoxy) is 2. The Kier molecular flexibility index (Phi) is 3.58. The maximum absolute atomic E-state index is 13.2. The van der Waals surface area contributed by atoms with E-state index in [-0.39, 0.29) is 29.7 Å². The van der Waals surface area contributed by atoms with E-state index < -0.39 is 0 Å². The minimum Gasteiger partial charge on any atom is -0.487 e. The van der Waals surface area contributed by atoms with E-state index in [0.29, 0.717) is 11.3 Å². The van der Waals surface area contributed by atoms with Crippen LogP contribution in [-0.2, 0) is 11.3 Å². The van der Waals surface area contributed by atoms with Crippen LogP contribution in [0.1, 0.15) is 39.7 Å². The molecule has 1 heterocycles. The largest absolute Gasteiger partial charge is 0.487 e. The zero-order valence-electron chi connectivity index (χ0n) is 12.0. The molecular formula is C15H22FNO2. The van der Waals surface area contributed by atoms with Gasteiger partial charge in [0.15, 0.2) is 0 Å². The highest BCUT2D eigenvalue weighted by molar-refractivity contribution is 5.34. The Bertz CT molecular complexity index is 471. The summed E-state index contributed by atoms with van der Waals surface area (Å²) < 4.78 is 25.2. The van der Waals surface area contributed by atoms with E-state index in [1.54, 1.807) is 6.07 Å². The highest BCUT2D eigenvalue weighted by atomic mass is 19.1. The van der Waals surface area contributed by atoms with E-state index in [1.165, 1.54) is 12.1 Å². The number of nitrogens with two attached hydrogens (primary N) is 1. The summed E-state index contributed by atoms with van der Waals surface area (Å²) in [7, 11) is 0. The van der Waals surface area contributed by atoms with Gasteiger partial charge in [0.05, 0.1) is 5.60 Å². The van der Waals surface area contributed by atoms with Crippen LogP contribution in [-0.4, -0.2) is 17.3 Å². The zero-order chi connectivity index (χ0) is 14.3. The highest BCUT2D eigenvalue weighted by Crippen LogP contribution is 2.40. The Labute approximate surface area is 113 Å². The highest BCUT2D eigenvalue weighted by Gasteiger charge is 2.47. The summed E-state index contributed by atoms with van der Waals surface area (Å²) in [6, 6.07) is 4.45. The summed E-state index contributed by atoms with van der Waals surface area (Å²) in [4.78, 5) is 0. The van der Waals surface area contributed by atoms with Gasteiger partial charge in [-0.2, -0.15) is 0 Å². The molecule has 1 aliphatic heterocycles. The number of halogens is 1. The smallest absolute Gasteiger partial charge is 0.130 e. The van der Waals surface area contributed by atoms with Crippen LogP contribution in [0.2, 0.25) is 0 Å². The Morgan fingerprint density at radius 3 is 2.58 bits per heavy atom. The Hall–Kier alpha value is -1.13. The molecule has 1 aromatic rings. The second-order valence-electron chi connectivity index (χ2n) is 6.23. The van der Waals surface area contributed by atoms with Crippen LogP contribution in [0.3, 0.4) is 0 Å². The molecule has 106 valence electrons. The van der Waals surface area contributed by atoms with Gasteiger partial charge < -0.3 is 15.2 Å². The van der Waals surface area contributed by atoms with Crippen molar-refractivity contribution in [2.75, 3.05) is 0 Å². The Morgan fingerprint density at radius 2 is 2.05 bits per heavy atom. The maximum Gasteiger partial charge on any atom is 0.130 e. The number of hydrogen-bond acceptors (Lipinski definition) is 3. The lowest BCUT2D eigenvalue weighted by Gasteiger charge is -2.28. The fourth-order valence-corrected chi connectivity index (χ4v) is 2.67. The van der Waals surface area contributed by atoms with Crippen molar-refractivity contribution < 1.29 is 13.9 Å². The monoisotopic (exact) mass is 267 g/mol. The van der Waals surface area contributed by atoms with Crippen molar-refractivity contribution in [3.63, 3.8) is 0 Å². The lowest BCUT2D eigenvalue weighted by atomic mass is 9.97. The first-order valence-electron chi connectivity index (χ1n) is 6.59. The Morgan fingerprint density at radius 1 is 1.37 bits per heavy atom. The van der Waals surface area contributed by atoms with Gasteiger partial charge in [-0.3, -0.25) is 0 Å². The van der Waals surface area contributed by atoms with Crippen LogP contribution in [0.4, 0.5) is 4.39 Å². The predicted octanol–water partition coefficient (Wildman–Crippen LogP) is 3.01. The first kappa shape index (κ1) is 14.3. The quantitative estimate of drug-likeness (QED) is 0.915. The molecule has 1 atom stereocenters. The lowest BCUT2D eigenvalue weighted by molar-refractivity contribution is -0.0846. The van der Waals surface area contributed by atoms with Gasteiger partial charge >= 0.3 is 0 Å². The van der Waals surface area contributed by atoms with Gasteiger partial charge in [-0.1, -0.05) is 0 Å². The second-order valence-corrected chi connectivity index (χ2v) is 6.23. The van der Waals surface area contributed by atoms with Crippen molar-refractivity contribution in [2.24, 2.45) is 5.73 Å². The van der Waals surface area contributed by atoms with Gasteiger partial charge in [0.25, 0.3) is 0 Å². The molecule has 1 aliphatic rings. The van der Waals surface area contributed by atoms with Crippen LogP contribution in [0, 0.1) is 5.82 Å². The van der Waals surface area contributed by atoms with E-state index in [1.807, 2.05) is 27.7 Å². The van der Waals surface area contributed by atoms with Crippen LogP contribution in [0.15, 0.2) is 18.2 Å². The molecule has 3 nitrogen and oxygen atoms in total. The number of rotatable bonds is 3. The van der Waals surface area contributed by atoms with E-state index in [0.717, 1.165) is 6.42 Å². The van der Waals surface area contributed by atoms with Gasteiger partial charge in [-0.15, -0.1) is 0 Å². The average Bonchev–Trinajstić information content (AvgIpc) is 2.49. The van der Waals surface area contributed by atoms with Gasteiger partial charge in [0.1, 0.15) is 23.3 Å². The molecule has 19 heavy (non-hydrogen) atoms. The van der Waals surface area contributed by atoms with Crippen LogP contribution < -0.4 is 10.5 Å². The molecule has 0 bridgehead atoms. The zero-order valence-corrected chi connectivity index (χ0v) is 12.0. The first-order chi connectivity index (χ1) is 8.73. The van der Waals surface area contributed by atoms with Crippen molar-refractivity contribution in [1.29, 1.82) is 0 Å². The molecule has 1 fully saturated rings. The molecule has 2 rings (SSSR count). The van der Waals surface area contributed by atoms with Gasteiger partial charge in [0.2, 0.25) is 0 Å². The maximum atomic E-state index is 13.2. The molecule has 1 aromatic carbocycles. The normalized spacial score (nSPS) is 24.4. The van der Waals surface area contributed by atoms with Crippen molar-refractivity contribution in [1.82, 2.24) is 0 Å². The van der Waals surface area contributed by atoms with Crippen LogP contribution >= 0.6 is 0 Å². The molecule has 0 amide bonds. The van der Waals surface area contributed by atoms with Gasteiger partial charge in [0, 0.05) is 18.5 Å². The molecule has 0 radical (unpaired) electrons. The minimum atomic E-state index is -0.371. The van der Waals surface area contributed by atoms with Crippen molar-refractivity contribution >= 4 is 0 Å². The van der Waals surface area contributed by atoms with E-state index in [4.69, 9.17) is 15.2 Å². The average molecular weight is 267 g/mol. The molecule has 4 heteroatoms. The summed E-state index contributed by atoms with van der Waals surface area (Å²) in [5.74, 6) is 0.346. The van der Waals surface area contributed by atoms with Gasteiger partial charge in [-0.25, -0.2) is 4.39 Å². The SMILES string of the molecule is CC1(C)CC(Oc2ccc(F)cc2CN)C(C)(C)O1. The number of hydrogen-bond donors (Lipinski definition) is 1. The van der Waals surface area contributed by atoms with Crippen LogP contribution in [0.5, 0.6) is 5.75 Å². The molecule has 0 aromatic heterocycles. The van der Waals surface area contributed by atoms with E-state index >= 15 is 0 Å². The number of benzene rings is 1. The summed E-state index contributed by atoms with van der Waals surface area (Å²) in [6.07, 6.45) is 0.722. The third kappa shape index (κ3) is 3.07. The molecular weight excluding hydrogens is 245 g/mol. The summed E-state index contributed by atoms with van der Waals surface area (Å²) >= 11 is 0. The fourth-order valence-electron chi connectivity index (χ4n) is 2.67. The van der Waals surface area contributed by atoms with Crippen LogP contribution in [0.25, 0.3) is 0 Å². The minimum absolute atomic E-state index is 0.0711. The topological polar surface area (TPSA) is 44.5 Å². The molecule has 1 saturated heterocycles. The van der Waals surface area contributed by atoms with Crippen molar-refractivity contribution in [3.8, 4) is 5.75 Å². The standard InChI is InChI=1S/C15H22FNO2/c1-14(2)8-13(15(3,4)19-14)18-12-6-5-11(16)7-10(12)9-17/h5-7,13H,8-9,17H2,1-4H3. The molecule has 1 unspecified atom stereocenters. The fraction of sp³-hybridized carbons (Fsp3) is 0.600. The third-order valence-electron chi connectivity index (χ3n) is 3.50. The molecule has 0 spiro atoms. The Balaban J connectivity index is 2.22. The van der Waals surface area contributed by atoms with E-state index in [2.05, 4.69) is 0 Å². The predicted molar refractivity (Wildman–Crippen MR) is 72.6 cm³/mol. The lowest BCUT2D eigenvalue weighted by Crippen LogP contribution is -2.37.